The van der Waals surface area contributed by atoms with Gasteiger partial charge in [0.2, 0.25) is 0 Å². The number of furan rings is 1. The molecule has 5 nitrogen and oxygen atoms in total. The fraction of sp³-hybridized carbons (Fsp3) is 0.389. The normalized spacial score (nSPS) is 25.5. The van der Waals surface area contributed by atoms with Crippen LogP contribution in [0.3, 0.4) is 0 Å². The quantitative estimate of drug-likeness (QED) is 0.936. The molecule has 0 unspecified atom stereocenters. The zero-order valence-electron chi connectivity index (χ0n) is 13.2. The average Bonchev–Trinajstić information content (AvgIpc) is 3.07. The standard InChI is InChI=1S/C18H19FN2O3/c19-13-1-3-14(4-2-13)23-17-6-5-16(24-17)18(22)20-15-11-21-9-7-12(15)8-10-21/h1-6,12,15H,7-11H2,(H,20,22)/t15-/m0/s1. The van der Waals surface area contributed by atoms with Crippen molar-refractivity contribution in [2.45, 2.75) is 18.9 Å². The Bertz CT molecular complexity index is 720. The fourth-order valence-electron chi connectivity index (χ4n) is 3.48. The summed E-state index contributed by atoms with van der Waals surface area (Å²) in [6.07, 6.45) is 2.28. The molecule has 1 atom stereocenters. The highest BCUT2D eigenvalue weighted by atomic mass is 19.1. The first kappa shape index (κ1) is 15.2. The molecule has 126 valence electrons. The topological polar surface area (TPSA) is 54.7 Å². The van der Waals surface area contributed by atoms with Gasteiger partial charge in [-0.2, -0.15) is 0 Å². The lowest BCUT2D eigenvalue weighted by Gasteiger charge is -2.44. The molecule has 1 amide bonds. The first-order chi connectivity index (χ1) is 11.7. The number of nitrogens with one attached hydrogen (secondary N) is 1. The van der Waals surface area contributed by atoms with E-state index in [9.17, 15) is 9.18 Å². The zero-order chi connectivity index (χ0) is 16.5. The van der Waals surface area contributed by atoms with E-state index in [-0.39, 0.29) is 29.5 Å². The Balaban J connectivity index is 1.39. The summed E-state index contributed by atoms with van der Waals surface area (Å²) < 4.78 is 23.8. The zero-order valence-corrected chi connectivity index (χ0v) is 13.2. The summed E-state index contributed by atoms with van der Waals surface area (Å²) >= 11 is 0. The molecule has 3 aliphatic heterocycles. The molecule has 3 aliphatic rings. The minimum atomic E-state index is -0.334. The third-order valence-corrected chi connectivity index (χ3v) is 4.81. The number of carbonyl (C=O) groups is 1. The van der Waals surface area contributed by atoms with Crippen molar-refractivity contribution >= 4 is 5.91 Å². The minimum absolute atomic E-state index is 0.187. The van der Waals surface area contributed by atoms with E-state index < -0.39 is 0 Å². The van der Waals surface area contributed by atoms with Crippen LogP contribution < -0.4 is 10.1 Å². The SMILES string of the molecule is O=C(N[C@H]1CN2CCC1CC2)c1ccc(Oc2ccc(F)cc2)o1. The lowest BCUT2D eigenvalue weighted by molar-refractivity contribution is 0.0603. The molecule has 0 spiro atoms. The van der Waals surface area contributed by atoms with Crippen LogP contribution in [0.4, 0.5) is 4.39 Å². The van der Waals surface area contributed by atoms with Crippen molar-refractivity contribution in [1.29, 1.82) is 0 Å². The summed E-state index contributed by atoms with van der Waals surface area (Å²) in [5.41, 5.74) is 0. The lowest BCUT2D eigenvalue weighted by Crippen LogP contribution is -2.57. The molecule has 24 heavy (non-hydrogen) atoms. The van der Waals surface area contributed by atoms with E-state index in [1.54, 1.807) is 12.1 Å². The Kier molecular flexibility index (Phi) is 3.98. The molecule has 2 bridgehead atoms. The largest absolute Gasteiger partial charge is 0.426 e. The van der Waals surface area contributed by atoms with Gasteiger partial charge in [-0.1, -0.05) is 0 Å². The molecule has 6 heteroatoms. The highest BCUT2D eigenvalue weighted by molar-refractivity contribution is 5.91. The van der Waals surface area contributed by atoms with Crippen LogP contribution in [0, 0.1) is 11.7 Å². The third-order valence-electron chi connectivity index (χ3n) is 4.81. The van der Waals surface area contributed by atoms with E-state index in [1.165, 1.54) is 24.3 Å². The number of carbonyl (C=O) groups excluding carboxylic acids is 1. The Labute approximate surface area is 139 Å². The lowest BCUT2D eigenvalue weighted by atomic mass is 9.84. The number of ether oxygens (including phenoxy) is 1. The van der Waals surface area contributed by atoms with E-state index in [0.29, 0.717) is 11.7 Å². The molecular weight excluding hydrogens is 311 g/mol. The fourth-order valence-corrected chi connectivity index (χ4v) is 3.48. The van der Waals surface area contributed by atoms with Gasteiger partial charge in [0.1, 0.15) is 11.6 Å². The number of nitrogens with zero attached hydrogens (tertiary/aromatic N) is 1. The van der Waals surface area contributed by atoms with Gasteiger partial charge in [-0.05, 0) is 62.2 Å². The van der Waals surface area contributed by atoms with Gasteiger partial charge in [-0.25, -0.2) is 4.39 Å². The number of rotatable bonds is 4. The second kappa shape index (κ2) is 6.28. The van der Waals surface area contributed by atoms with Crippen LogP contribution in [-0.4, -0.2) is 36.5 Å². The van der Waals surface area contributed by atoms with Crippen molar-refractivity contribution < 1.29 is 18.3 Å². The van der Waals surface area contributed by atoms with Gasteiger partial charge in [-0.3, -0.25) is 4.79 Å². The van der Waals surface area contributed by atoms with Crippen molar-refractivity contribution in [3.8, 4) is 11.7 Å². The molecular formula is C18H19FN2O3. The second-order valence-corrected chi connectivity index (χ2v) is 6.39. The van der Waals surface area contributed by atoms with E-state index in [4.69, 9.17) is 9.15 Å². The molecule has 1 N–H and O–H groups in total. The molecule has 0 saturated carbocycles. The third kappa shape index (κ3) is 3.14. The van der Waals surface area contributed by atoms with E-state index in [0.717, 1.165) is 32.5 Å². The van der Waals surface area contributed by atoms with Crippen LogP contribution in [0.1, 0.15) is 23.4 Å². The Hall–Kier alpha value is -2.34. The van der Waals surface area contributed by atoms with Crippen LogP contribution in [0.2, 0.25) is 0 Å². The molecule has 5 rings (SSSR count). The molecule has 3 saturated heterocycles. The molecule has 3 fully saturated rings. The summed E-state index contributed by atoms with van der Waals surface area (Å²) in [7, 11) is 0. The van der Waals surface area contributed by atoms with Crippen LogP contribution in [0.5, 0.6) is 11.7 Å². The van der Waals surface area contributed by atoms with Gasteiger partial charge >= 0.3 is 0 Å². The molecule has 1 aromatic heterocycles. The van der Waals surface area contributed by atoms with Gasteiger partial charge in [0.25, 0.3) is 11.9 Å². The van der Waals surface area contributed by atoms with Crippen molar-refractivity contribution in [2.75, 3.05) is 19.6 Å². The number of halogens is 1. The molecule has 0 radical (unpaired) electrons. The van der Waals surface area contributed by atoms with Gasteiger partial charge in [0, 0.05) is 18.7 Å². The first-order valence-corrected chi connectivity index (χ1v) is 8.24. The Morgan fingerprint density at radius 1 is 1.17 bits per heavy atom. The van der Waals surface area contributed by atoms with Crippen LogP contribution in [0.15, 0.2) is 40.8 Å². The second-order valence-electron chi connectivity index (χ2n) is 6.39. The van der Waals surface area contributed by atoms with E-state index >= 15 is 0 Å². The number of hydrogen-bond donors (Lipinski definition) is 1. The van der Waals surface area contributed by atoms with Gasteiger partial charge in [-0.15, -0.1) is 0 Å². The summed E-state index contributed by atoms with van der Waals surface area (Å²) in [6, 6.07) is 8.99. The maximum atomic E-state index is 12.9. The van der Waals surface area contributed by atoms with Crippen molar-refractivity contribution in [2.24, 2.45) is 5.92 Å². The number of hydrogen-bond acceptors (Lipinski definition) is 4. The first-order valence-electron chi connectivity index (χ1n) is 8.24. The predicted molar refractivity (Wildman–Crippen MR) is 85.6 cm³/mol. The van der Waals surface area contributed by atoms with E-state index in [1.807, 2.05) is 0 Å². The number of fused-ring (bicyclic) bond motifs is 3. The van der Waals surface area contributed by atoms with Crippen molar-refractivity contribution in [1.82, 2.24) is 10.2 Å². The van der Waals surface area contributed by atoms with Gasteiger partial charge in [0.15, 0.2) is 5.76 Å². The van der Waals surface area contributed by atoms with Crippen LogP contribution in [-0.2, 0) is 0 Å². The summed E-state index contributed by atoms with van der Waals surface area (Å²) in [5, 5.41) is 3.07. The van der Waals surface area contributed by atoms with E-state index in [2.05, 4.69) is 10.2 Å². The van der Waals surface area contributed by atoms with Crippen molar-refractivity contribution in [3.63, 3.8) is 0 Å². The van der Waals surface area contributed by atoms with Crippen LogP contribution >= 0.6 is 0 Å². The van der Waals surface area contributed by atoms with Crippen LogP contribution in [0.25, 0.3) is 0 Å². The van der Waals surface area contributed by atoms with Crippen molar-refractivity contribution in [3.05, 3.63) is 48.0 Å². The molecule has 1 aromatic carbocycles. The number of benzene rings is 1. The molecule has 0 aliphatic carbocycles. The summed E-state index contributed by atoms with van der Waals surface area (Å²) in [5.74, 6) is 0.894. The summed E-state index contributed by atoms with van der Waals surface area (Å²) in [4.78, 5) is 14.8. The highest BCUT2D eigenvalue weighted by Gasteiger charge is 2.35. The monoisotopic (exact) mass is 330 g/mol. The average molecular weight is 330 g/mol. The maximum Gasteiger partial charge on any atom is 0.290 e. The number of amides is 1. The molecule has 4 heterocycles. The minimum Gasteiger partial charge on any atom is -0.426 e. The molecule has 2 aromatic rings. The summed E-state index contributed by atoms with van der Waals surface area (Å²) in [6.45, 7) is 3.18. The van der Waals surface area contributed by atoms with Gasteiger partial charge < -0.3 is 19.4 Å². The smallest absolute Gasteiger partial charge is 0.290 e. The number of piperidine rings is 3. The predicted octanol–water partition coefficient (Wildman–Crippen LogP) is 3.04. The van der Waals surface area contributed by atoms with Gasteiger partial charge in [0.05, 0.1) is 0 Å². The Morgan fingerprint density at radius 3 is 2.58 bits per heavy atom. The maximum absolute atomic E-state index is 12.9. The Morgan fingerprint density at radius 2 is 1.92 bits per heavy atom. The highest BCUT2D eigenvalue weighted by Crippen LogP contribution is 2.28.